The molecule has 0 atom stereocenters. The molecule has 1 fully saturated rings. The number of benzene rings is 1. The second-order valence-electron chi connectivity index (χ2n) is 7.02. The highest BCUT2D eigenvalue weighted by Crippen LogP contribution is 2.32. The highest BCUT2D eigenvalue weighted by atomic mass is 15.2. The fourth-order valence-corrected chi connectivity index (χ4v) is 3.82. The monoisotopic (exact) mass is 319 g/mol. The lowest BCUT2D eigenvalue weighted by Gasteiger charge is -2.24. The smallest absolute Gasteiger partial charge is 0.139 e. The molecule has 0 saturated heterocycles. The third-order valence-electron chi connectivity index (χ3n) is 5.08. The van der Waals surface area contributed by atoms with Crippen LogP contribution in [0.1, 0.15) is 43.4 Å². The van der Waals surface area contributed by atoms with Crippen molar-refractivity contribution < 1.29 is 0 Å². The Morgan fingerprint density at radius 2 is 1.79 bits per heavy atom. The quantitative estimate of drug-likeness (QED) is 0.704. The van der Waals surface area contributed by atoms with Gasteiger partial charge in [-0.25, -0.2) is 4.98 Å². The van der Waals surface area contributed by atoms with Crippen molar-refractivity contribution in [1.82, 2.24) is 9.38 Å². The first-order valence-corrected chi connectivity index (χ1v) is 9.04. The summed E-state index contributed by atoms with van der Waals surface area (Å²) in [6.07, 6.45) is 6.54. The maximum atomic E-state index is 4.95. The first kappa shape index (κ1) is 15.3. The van der Waals surface area contributed by atoms with E-state index in [0.717, 1.165) is 17.2 Å². The van der Waals surface area contributed by atoms with Gasteiger partial charge in [-0.15, -0.1) is 0 Å². The van der Waals surface area contributed by atoms with E-state index in [2.05, 4.69) is 66.0 Å². The van der Waals surface area contributed by atoms with Gasteiger partial charge >= 0.3 is 0 Å². The summed E-state index contributed by atoms with van der Waals surface area (Å²) < 4.78 is 2.27. The fraction of sp³-hybridized carbons (Fsp3) is 0.381. The van der Waals surface area contributed by atoms with Gasteiger partial charge in [0.1, 0.15) is 17.2 Å². The van der Waals surface area contributed by atoms with E-state index in [0.29, 0.717) is 6.04 Å². The zero-order chi connectivity index (χ0) is 16.5. The van der Waals surface area contributed by atoms with Crippen LogP contribution in [0.2, 0.25) is 0 Å². The summed E-state index contributed by atoms with van der Waals surface area (Å²) in [6.45, 7) is 4.29. The average Bonchev–Trinajstić information content (AvgIpc) is 2.96. The predicted molar refractivity (Wildman–Crippen MR) is 101 cm³/mol. The molecule has 24 heavy (non-hydrogen) atoms. The molecule has 1 N–H and O–H groups in total. The molecule has 3 aromatic rings. The highest BCUT2D eigenvalue weighted by molar-refractivity contribution is 5.77. The molecule has 0 aliphatic heterocycles. The molecule has 0 spiro atoms. The number of imidazole rings is 1. The molecule has 2 aromatic heterocycles. The SMILES string of the molecule is Cc1cccc(-c2nc3cccc(C)n3c2NC2CCCCC2)c1. The van der Waals surface area contributed by atoms with Crippen molar-refractivity contribution in [2.24, 2.45) is 0 Å². The number of hydrogen-bond donors (Lipinski definition) is 1. The first-order chi connectivity index (χ1) is 11.7. The van der Waals surface area contributed by atoms with Crippen molar-refractivity contribution in [3.05, 3.63) is 53.7 Å². The Kier molecular flexibility index (Phi) is 4.01. The van der Waals surface area contributed by atoms with E-state index in [1.54, 1.807) is 0 Å². The Hall–Kier alpha value is -2.29. The van der Waals surface area contributed by atoms with Crippen LogP contribution in [0.25, 0.3) is 16.9 Å². The van der Waals surface area contributed by atoms with Crippen LogP contribution in [0.3, 0.4) is 0 Å². The molecule has 2 heterocycles. The van der Waals surface area contributed by atoms with E-state index in [-0.39, 0.29) is 0 Å². The average molecular weight is 319 g/mol. The van der Waals surface area contributed by atoms with E-state index in [1.807, 2.05) is 0 Å². The minimum Gasteiger partial charge on any atom is -0.367 e. The molecule has 124 valence electrons. The summed E-state index contributed by atoms with van der Waals surface area (Å²) in [4.78, 5) is 4.95. The maximum absolute atomic E-state index is 4.95. The Bertz CT molecular complexity index is 857. The number of nitrogens with one attached hydrogen (secondary N) is 1. The van der Waals surface area contributed by atoms with Crippen molar-refractivity contribution in [1.29, 1.82) is 0 Å². The van der Waals surface area contributed by atoms with E-state index >= 15 is 0 Å². The number of nitrogens with zero attached hydrogens (tertiary/aromatic N) is 2. The Labute approximate surface area is 143 Å². The van der Waals surface area contributed by atoms with Gasteiger partial charge in [-0.1, -0.05) is 49.1 Å². The Morgan fingerprint density at radius 3 is 2.58 bits per heavy atom. The number of pyridine rings is 1. The zero-order valence-corrected chi connectivity index (χ0v) is 14.5. The normalized spacial score (nSPS) is 15.8. The number of rotatable bonds is 3. The van der Waals surface area contributed by atoms with Crippen molar-refractivity contribution in [2.75, 3.05) is 5.32 Å². The molecule has 1 aromatic carbocycles. The molecule has 1 saturated carbocycles. The van der Waals surface area contributed by atoms with Gasteiger partial charge in [0, 0.05) is 17.3 Å². The molecule has 0 unspecified atom stereocenters. The number of aromatic nitrogens is 2. The predicted octanol–water partition coefficient (Wildman–Crippen LogP) is 5.36. The van der Waals surface area contributed by atoms with Crippen LogP contribution >= 0.6 is 0 Å². The van der Waals surface area contributed by atoms with Crippen LogP contribution in [0.15, 0.2) is 42.5 Å². The summed E-state index contributed by atoms with van der Waals surface area (Å²) in [6, 6.07) is 15.5. The van der Waals surface area contributed by atoms with Gasteiger partial charge in [0.05, 0.1) is 0 Å². The topological polar surface area (TPSA) is 29.3 Å². The van der Waals surface area contributed by atoms with E-state index < -0.39 is 0 Å². The van der Waals surface area contributed by atoms with E-state index in [4.69, 9.17) is 4.98 Å². The molecule has 0 bridgehead atoms. The molecule has 1 aliphatic rings. The number of aryl methyl sites for hydroxylation is 2. The van der Waals surface area contributed by atoms with Gasteiger partial charge < -0.3 is 5.32 Å². The minimum absolute atomic E-state index is 0.557. The largest absolute Gasteiger partial charge is 0.367 e. The summed E-state index contributed by atoms with van der Waals surface area (Å²) in [5.74, 6) is 1.15. The summed E-state index contributed by atoms with van der Waals surface area (Å²) >= 11 is 0. The van der Waals surface area contributed by atoms with Gasteiger partial charge in [-0.3, -0.25) is 4.40 Å². The lowest BCUT2D eigenvalue weighted by molar-refractivity contribution is 0.461. The third-order valence-corrected chi connectivity index (χ3v) is 5.08. The van der Waals surface area contributed by atoms with E-state index in [9.17, 15) is 0 Å². The second kappa shape index (κ2) is 6.31. The van der Waals surface area contributed by atoms with Crippen molar-refractivity contribution >= 4 is 11.5 Å². The van der Waals surface area contributed by atoms with Crippen molar-refractivity contribution in [3.8, 4) is 11.3 Å². The van der Waals surface area contributed by atoms with Gasteiger partial charge in [-0.2, -0.15) is 0 Å². The molecule has 0 radical (unpaired) electrons. The Morgan fingerprint density at radius 1 is 1.00 bits per heavy atom. The van der Waals surface area contributed by atoms with Gasteiger partial charge in [0.15, 0.2) is 0 Å². The molecule has 0 amide bonds. The summed E-state index contributed by atoms with van der Waals surface area (Å²) in [7, 11) is 0. The summed E-state index contributed by atoms with van der Waals surface area (Å²) in [5, 5.41) is 3.83. The zero-order valence-electron chi connectivity index (χ0n) is 14.5. The van der Waals surface area contributed by atoms with Crippen molar-refractivity contribution in [3.63, 3.8) is 0 Å². The fourth-order valence-electron chi connectivity index (χ4n) is 3.82. The van der Waals surface area contributed by atoms with E-state index in [1.165, 1.54) is 48.9 Å². The molecule has 4 rings (SSSR count). The first-order valence-electron chi connectivity index (χ1n) is 9.04. The van der Waals surface area contributed by atoms with Crippen molar-refractivity contribution in [2.45, 2.75) is 52.0 Å². The number of anilines is 1. The molecular weight excluding hydrogens is 294 g/mol. The molecular formula is C21H25N3. The number of hydrogen-bond acceptors (Lipinski definition) is 2. The van der Waals surface area contributed by atoms with Crippen LogP contribution < -0.4 is 5.32 Å². The van der Waals surface area contributed by atoms with Gasteiger partial charge in [0.2, 0.25) is 0 Å². The third kappa shape index (κ3) is 2.79. The molecule has 3 nitrogen and oxygen atoms in total. The highest BCUT2D eigenvalue weighted by Gasteiger charge is 2.20. The Balaban J connectivity index is 1.85. The molecule has 1 aliphatic carbocycles. The van der Waals surface area contributed by atoms with Crippen LogP contribution in [-0.4, -0.2) is 15.4 Å². The summed E-state index contributed by atoms with van der Waals surface area (Å²) in [5.41, 5.74) is 5.77. The standard InChI is InChI=1S/C21H25N3/c1-15-8-6-10-17(14-15)20-21(22-18-11-4-3-5-12-18)24-16(2)9-7-13-19(24)23-20/h6-10,13-14,18,22H,3-5,11-12H2,1-2H3. The lowest BCUT2D eigenvalue weighted by atomic mass is 9.95. The van der Waals surface area contributed by atoms with Gasteiger partial charge in [0.25, 0.3) is 0 Å². The van der Waals surface area contributed by atoms with Crippen LogP contribution in [0, 0.1) is 13.8 Å². The second-order valence-corrected chi connectivity index (χ2v) is 7.02. The van der Waals surface area contributed by atoms with Crippen LogP contribution in [0.4, 0.5) is 5.82 Å². The lowest BCUT2D eigenvalue weighted by Crippen LogP contribution is -2.23. The van der Waals surface area contributed by atoms with Gasteiger partial charge in [-0.05, 0) is 44.9 Å². The number of fused-ring (bicyclic) bond motifs is 1. The molecule has 3 heteroatoms. The maximum Gasteiger partial charge on any atom is 0.139 e. The minimum atomic E-state index is 0.557. The van der Waals surface area contributed by atoms with Crippen LogP contribution in [0.5, 0.6) is 0 Å². The van der Waals surface area contributed by atoms with Crippen LogP contribution in [-0.2, 0) is 0 Å².